The number of carbonyl (C=O) groups is 1. The summed E-state index contributed by atoms with van der Waals surface area (Å²) in [4.78, 5) is 14.8. The van der Waals surface area contributed by atoms with E-state index in [9.17, 15) is 4.79 Å². The molecule has 6 nitrogen and oxygen atoms in total. The molecule has 148 valence electrons. The molecular formula is C22H29N5O. The maximum Gasteiger partial charge on any atom is 0.240 e. The van der Waals surface area contributed by atoms with Crippen molar-refractivity contribution in [2.75, 3.05) is 0 Å². The fourth-order valence-corrected chi connectivity index (χ4v) is 3.86. The van der Waals surface area contributed by atoms with Crippen molar-refractivity contribution in [3.8, 4) is 0 Å². The number of carbonyl (C=O) groups excluding carboxylic acids is 1. The van der Waals surface area contributed by atoms with Gasteiger partial charge in [-0.15, -0.1) is 0 Å². The Hall–Kier alpha value is -2.60. The third kappa shape index (κ3) is 4.28. The van der Waals surface area contributed by atoms with Crippen LogP contribution in [0.15, 0.2) is 42.9 Å². The van der Waals surface area contributed by atoms with Gasteiger partial charge < -0.3 is 9.88 Å². The summed E-state index contributed by atoms with van der Waals surface area (Å²) < 4.78 is 3.94. The van der Waals surface area contributed by atoms with Crippen molar-refractivity contribution >= 4 is 16.8 Å². The van der Waals surface area contributed by atoms with Crippen molar-refractivity contribution in [3.63, 3.8) is 0 Å². The predicted octanol–water partition coefficient (Wildman–Crippen LogP) is 3.06. The van der Waals surface area contributed by atoms with E-state index in [0.717, 1.165) is 18.6 Å². The Bertz CT molecular complexity index is 966. The van der Waals surface area contributed by atoms with Gasteiger partial charge in [-0.3, -0.25) is 14.4 Å². The Kier molecular flexibility index (Phi) is 5.22. The first kappa shape index (κ1) is 18.7. The van der Waals surface area contributed by atoms with Gasteiger partial charge in [-0.25, -0.2) is 0 Å². The van der Waals surface area contributed by atoms with Crippen molar-refractivity contribution in [1.29, 1.82) is 0 Å². The normalized spacial score (nSPS) is 14.3. The third-order valence-electron chi connectivity index (χ3n) is 5.22. The summed E-state index contributed by atoms with van der Waals surface area (Å²) in [5.74, 6) is 0.0525. The van der Waals surface area contributed by atoms with Gasteiger partial charge in [-0.1, -0.05) is 18.2 Å². The van der Waals surface area contributed by atoms with Crippen LogP contribution < -0.4 is 5.32 Å². The average Bonchev–Trinajstić information content (AvgIpc) is 3.33. The zero-order chi connectivity index (χ0) is 19.7. The quantitative estimate of drug-likeness (QED) is 0.654. The summed E-state index contributed by atoms with van der Waals surface area (Å²) in [7, 11) is 1.96. The summed E-state index contributed by atoms with van der Waals surface area (Å²) in [5, 5.41) is 8.53. The number of fused-ring (bicyclic) bond motifs is 1. The van der Waals surface area contributed by atoms with E-state index in [-0.39, 0.29) is 11.9 Å². The van der Waals surface area contributed by atoms with E-state index in [1.807, 2.05) is 37.8 Å². The Morgan fingerprint density at radius 1 is 1.25 bits per heavy atom. The molecule has 6 heteroatoms. The van der Waals surface area contributed by atoms with E-state index in [2.05, 4.69) is 50.5 Å². The molecule has 1 amide bonds. The zero-order valence-electron chi connectivity index (χ0n) is 16.9. The highest BCUT2D eigenvalue weighted by Crippen LogP contribution is 2.32. The highest BCUT2D eigenvalue weighted by molar-refractivity contribution is 5.86. The molecule has 0 radical (unpaired) electrons. The molecule has 0 aliphatic heterocycles. The summed E-state index contributed by atoms with van der Waals surface area (Å²) in [6, 6.07) is 9.18. The molecule has 2 aromatic heterocycles. The number of nitrogens with one attached hydrogen (secondary N) is 1. The van der Waals surface area contributed by atoms with Crippen molar-refractivity contribution in [1.82, 2.24) is 24.6 Å². The smallest absolute Gasteiger partial charge is 0.240 e. The number of rotatable bonds is 8. The number of hydrogen-bond acceptors (Lipinski definition) is 3. The molecule has 1 aliphatic rings. The fraction of sp³-hybridized carbons (Fsp3) is 0.455. The SMILES string of the molecule is CC(C)NC(=O)Cn1cc(CN(Cc2cnn(C)c2)C2CC2)c2ccccc21. The van der Waals surface area contributed by atoms with Gasteiger partial charge in [0.25, 0.3) is 0 Å². The summed E-state index contributed by atoms with van der Waals surface area (Å²) >= 11 is 0. The average molecular weight is 380 g/mol. The standard InChI is InChI=1S/C22H29N5O/c1-16(2)24-22(28)15-27-14-18(20-6-4-5-7-21(20)27)13-26(19-8-9-19)12-17-10-23-25(3)11-17/h4-7,10-11,14,16,19H,8-9,12-13,15H2,1-3H3,(H,24,28). The van der Waals surface area contributed by atoms with E-state index in [1.54, 1.807) is 0 Å². The van der Waals surface area contributed by atoms with E-state index in [4.69, 9.17) is 0 Å². The van der Waals surface area contributed by atoms with Crippen LogP contribution in [0.5, 0.6) is 0 Å². The van der Waals surface area contributed by atoms with Gasteiger partial charge in [0.1, 0.15) is 6.54 Å². The molecule has 28 heavy (non-hydrogen) atoms. The van der Waals surface area contributed by atoms with Crippen molar-refractivity contribution in [2.45, 2.75) is 58.4 Å². The number of amides is 1. The Labute approximate surface area is 166 Å². The monoisotopic (exact) mass is 379 g/mol. The second kappa shape index (κ2) is 7.80. The van der Waals surface area contributed by atoms with Crippen LogP contribution in [0.1, 0.15) is 37.8 Å². The molecule has 1 N–H and O–H groups in total. The number of benzene rings is 1. The highest BCUT2D eigenvalue weighted by Gasteiger charge is 2.30. The topological polar surface area (TPSA) is 55.1 Å². The molecule has 3 aromatic rings. The number of nitrogens with zero attached hydrogens (tertiary/aromatic N) is 4. The van der Waals surface area contributed by atoms with Crippen LogP contribution >= 0.6 is 0 Å². The molecule has 1 aliphatic carbocycles. The second-order valence-electron chi connectivity index (χ2n) is 8.18. The Morgan fingerprint density at radius 2 is 2.04 bits per heavy atom. The molecular weight excluding hydrogens is 350 g/mol. The van der Waals surface area contributed by atoms with Crippen LogP contribution in [0.25, 0.3) is 10.9 Å². The summed E-state index contributed by atoms with van der Waals surface area (Å²) in [5.41, 5.74) is 3.65. The van der Waals surface area contributed by atoms with Crippen LogP contribution in [0, 0.1) is 0 Å². The van der Waals surface area contributed by atoms with Crippen LogP contribution in [0.2, 0.25) is 0 Å². The predicted molar refractivity (Wildman–Crippen MR) is 111 cm³/mol. The lowest BCUT2D eigenvalue weighted by Gasteiger charge is -2.21. The molecule has 2 heterocycles. The minimum atomic E-state index is 0.0525. The maximum atomic E-state index is 12.3. The molecule has 0 saturated heterocycles. The highest BCUT2D eigenvalue weighted by atomic mass is 16.2. The van der Waals surface area contributed by atoms with Gasteiger partial charge in [-0.2, -0.15) is 5.10 Å². The van der Waals surface area contributed by atoms with E-state index >= 15 is 0 Å². The fourth-order valence-electron chi connectivity index (χ4n) is 3.86. The van der Waals surface area contributed by atoms with Gasteiger partial charge in [0.05, 0.1) is 6.20 Å². The van der Waals surface area contributed by atoms with Crippen LogP contribution in [0.4, 0.5) is 0 Å². The lowest BCUT2D eigenvalue weighted by Crippen LogP contribution is -2.32. The van der Waals surface area contributed by atoms with Crippen LogP contribution in [-0.2, 0) is 31.5 Å². The molecule has 0 bridgehead atoms. The second-order valence-corrected chi connectivity index (χ2v) is 8.18. The first-order chi connectivity index (χ1) is 13.5. The number of aryl methyl sites for hydroxylation is 1. The van der Waals surface area contributed by atoms with Gasteiger partial charge in [0.2, 0.25) is 5.91 Å². The van der Waals surface area contributed by atoms with Crippen molar-refractivity contribution in [3.05, 3.63) is 54.0 Å². The third-order valence-corrected chi connectivity index (χ3v) is 5.22. The molecule has 0 spiro atoms. The van der Waals surface area contributed by atoms with Gasteiger partial charge in [0, 0.05) is 61.1 Å². The molecule has 4 rings (SSSR count). The van der Waals surface area contributed by atoms with Crippen molar-refractivity contribution < 1.29 is 4.79 Å². The first-order valence-electron chi connectivity index (χ1n) is 10.1. The Morgan fingerprint density at radius 3 is 2.71 bits per heavy atom. The lowest BCUT2D eigenvalue weighted by molar-refractivity contribution is -0.122. The minimum absolute atomic E-state index is 0.0525. The molecule has 0 unspecified atom stereocenters. The number of aromatic nitrogens is 3. The van der Waals surface area contributed by atoms with Gasteiger partial charge in [0.15, 0.2) is 0 Å². The molecule has 1 saturated carbocycles. The minimum Gasteiger partial charge on any atom is -0.352 e. The number of para-hydroxylation sites is 1. The Balaban J connectivity index is 1.57. The van der Waals surface area contributed by atoms with E-state index < -0.39 is 0 Å². The first-order valence-corrected chi connectivity index (χ1v) is 10.1. The summed E-state index contributed by atoms with van der Waals surface area (Å²) in [6.07, 6.45) is 8.72. The summed E-state index contributed by atoms with van der Waals surface area (Å²) in [6.45, 7) is 6.13. The van der Waals surface area contributed by atoms with E-state index in [0.29, 0.717) is 12.6 Å². The number of hydrogen-bond donors (Lipinski definition) is 1. The van der Waals surface area contributed by atoms with Crippen molar-refractivity contribution in [2.24, 2.45) is 7.05 Å². The molecule has 1 aromatic carbocycles. The maximum absolute atomic E-state index is 12.3. The zero-order valence-corrected chi connectivity index (χ0v) is 16.9. The molecule has 1 fully saturated rings. The van der Waals surface area contributed by atoms with Gasteiger partial charge >= 0.3 is 0 Å². The van der Waals surface area contributed by atoms with Crippen LogP contribution in [0.3, 0.4) is 0 Å². The van der Waals surface area contributed by atoms with Crippen LogP contribution in [-0.4, -0.2) is 37.2 Å². The lowest BCUT2D eigenvalue weighted by atomic mass is 10.1. The molecule has 0 atom stereocenters. The van der Waals surface area contributed by atoms with E-state index in [1.165, 1.54) is 29.4 Å². The largest absolute Gasteiger partial charge is 0.352 e. The van der Waals surface area contributed by atoms with Gasteiger partial charge in [-0.05, 0) is 38.3 Å².